The third kappa shape index (κ3) is 5.28. The fraction of sp³-hybridized carbons (Fsp3) is 0.400. The minimum atomic E-state index is 0.349. The second-order valence-electron chi connectivity index (χ2n) is 9.75. The lowest BCUT2D eigenvalue weighted by Gasteiger charge is -2.50. The molecule has 0 saturated carbocycles. The van der Waals surface area contributed by atoms with Crippen LogP contribution in [0.5, 0.6) is 5.75 Å². The average Bonchev–Trinajstić information content (AvgIpc) is 2.85. The normalized spacial score (nSPS) is 20.5. The van der Waals surface area contributed by atoms with E-state index in [0.29, 0.717) is 12.1 Å². The van der Waals surface area contributed by atoms with E-state index in [9.17, 15) is 0 Å². The Morgan fingerprint density at radius 3 is 2.61 bits per heavy atom. The Labute approximate surface area is 203 Å². The molecule has 3 heteroatoms. The van der Waals surface area contributed by atoms with Crippen molar-refractivity contribution in [3.8, 4) is 5.75 Å². The van der Waals surface area contributed by atoms with Crippen LogP contribution in [0.3, 0.4) is 0 Å². The molecule has 1 saturated heterocycles. The van der Waals surface area contributed by atoms with E-state index in [1.807, 2.05) is 24.3 Å². The zero-order chi connectivity index (χ0) is 22.5. The van der Waals surface area contributed by atoms with E-state index >= 15 is 0 Å². The highest BCUT2D eigenvalue weighted by Gasteiger charge is 2.40. The summed E-state index contributed by atoms with van der Waals surface area (Å²) in [6, 6.07) is 25.6. The predicted molar refractivity (Wildman–Crippen MR) is 137 cm³/mol. The summed E-state index contributed by atoms with van der Waals surface area (Å²) >= 11 is 6.29. The van der Waals surface area contributed by atoms with Gasteiger partial charge < -0.3 is 4.74 Å². The third-order valence-electron chi connectivity index (χ3n) is 7.64. The van der Waals surface area contributed by atoms with Gasteiger partial charge in [-0.1, -0.05) is 72.6 Å². The van der Waals surface area contributed by atoms with Gasteiger partial charge in [0.2, 0.25) is 0 Å². The van der Waals surface area contributed by atoms with Crippen molar-refractivity contribution in [3.63, 3.8) is 0 Å². The van der Waals surface area contributed by atoms with Crippen LogP contribution in [-0.2, 0) is 25.9 Å². The maximum Gasteiger partial charge on any atom is 0.120 e. The molecule has 1 aliphatic carbocycles. The Hall–Kier alpha value is -2.29. The number of rotatable bonds is 7. The summed E-state index contributed by atoms with van der Waals surface area (Å²) in [5.74, 6) is 0.952. The predicted octanol–water partition coefficient (Wildman–Crippen LogP) is 7.27. The molecule has 0 amide bonds. The minimum absolute atomic E-state index is 0.349. The average molecular weight is 460 g/mol. The fourth-order valence-corrected chi connectivity index (χ4v) is 5.98. The van der Waals surface area contributed by atoms with Crippen molar-refractivity contribution in [1.82, 2.24) is 4.90 Å². The Bertz CT molecular complexity index is 1070. The monoisotopic (exact) mass is 459 g/mol. The molecule has 1 aliphatic heterocycles. The number of piperidine rings is 1. The Kier molecular flexibility index (Phi) is 7.04. The van der Waals surface area contributed by atoms with Gasteiger partial charge in [0.05, 0.1) is 0 Å². The maximum absolute atomic E-state index is 6.29. The van der Waals surface area contributed by atoms with Gasteiger partial charge in [-0.3, -0.25) is 4.90 Å². The maximum atomic E-state index is 6.29. The van der Waals surface area contributed by atoms with Crippen LogP contribution >= 0.6 is 11.6 Å². The van der Waals surface area contributed by atoms with E-state index in [4.69, 9.17) is 16.3 Å². The number of fused-ring (bicyclic) bond motifs is 1. The number of nitrogens with zero attached hydrogens (tertiary/aromatic N) is 1. The molecule has 3 aromatic rings. The molecule has 33 heavy (non-hydrogen) atoms. The van der Waals surface area contributed by atoms with E-state index in [1.54, 1.807) is 0 Å². The van der Waals surface area contributed by atoms with Crippen molar-refractivity contribution in [3.05, 3.63) is 100 Å². The van der Waals surface area contributed by atoms with E-state index < -0.39 is 0 Å². The van der Waals surface area contributed by atoms with Crippen LogP contribution in [-0.4, -0.2) is 23.5 Å². The summed E-state index contributed by atoms with van der Waals surface area (Å²) in [7, 11) is 0. The lowest BCUT2D eigenvalue weighted by atomic mass is 9.72. The molecule has 0 aromatic heterocycles. The lowest BCUT2D eigenvalue weighted by Crippen LogP contribution is -2.55. The summed E-state index contributed by atoms with van der Waals surface area (Å²) in [6.45, 7) is 2.98. The van der Waals surface area contributed by atoms with Crippen molar-refractivity contribution in [2.24, 2.45) is 0 Å². The van der Waals surface area contributed by atoms with Crippen molar-refractivity contribution in [2.75, 3.05) is 13.1 Å². The number of halogens is 1. The summed E-state index contributed by atoms with van der Waals surface area (Å²) in [6.07, 6.45) is 10.1. The second-order valence-corrected chi connectivity index (χ2v) is 10.2. The van der Waals surface area contributed by atoms with Gasteiger partial charge in [0.25, 0.3) is 0 Å². The molecule has 0 bridgehead atoms. The number of hydrogen-bond acceptors (Lipinski definition) is 2. The Morgan fingerprint density at radius 2 is 1.73 bits per heavy atom. The zero-order valence-corrected chi connectivity index (χ0v) is 20.2. The standard InChI is InChI=1S/C30H34ClNO/c31-29-13-5-4-12-27(29)23-33-28-15-14-26-22-30(18-16-25(26)21-28)17-6-7-19-32(30)20-8-11-24-9-2-1-3-10-24/h1-5,9-10,12-15,21H,6-8,11,16-20,22-23H2. The second kappa shape index (κ2) is 10.3. The molecular weight excluding hydrogens is 426 g/mol. The fourth-order valence-electron chi connectivity index (χ4n) is 5.79. The largest absolute Gasteiger partial charge is 0.489 e. The third-order valence-corrected chi connectivity index (χ3v) is 8.01. The lowest BCUT2D eigenvalue weighted by molar-refractivity contribution is 0.0330. The molecule has 1 spiro atoms. The smallest absolute Gasteiger partial charge is 0.120 e. The highest BCUT2D eigenvalue weighted by Crippen LogP contribution is 2.41. The Balaban J connectivity index is 1.23. The van der Waals surface area contributed by atoms with Crippen molar-refractivity contribution < 1.29 is 4.74 Å². The molecule has 1 unspecified atom stereocenters. The highest BCUT2D eigenvalue weighted by molar-refractivity contribution is 6.31. The van der Waals surface area contributed by atoms with Gasteiger partial charge in [0, 0.05) is 16.1 Å². The van der Waals surface area contributed by atoms with Gasteiger partial charge in [0.1, 0.15) is 12.4 Å². The summed E-state index contributed by atoms with van der Waals surface area (Å²) in [5, 5.41) is 0.766. The number of likely N-dealkylation sites (tertiary alicyclic amines) is 1. The van der Waals surface area contributed by atoms with Crippen molar-refractivity contribution >= 4 is 11.6 Å². The molecule has 172 valence electrons. The Morgan fingerprint density at radius 1 is 0.879 bits per heavy atom. The van der Waals surface area contributed by atoms with Crippen LogP contribution in [0.2, 0.25) is 5.02 Å². The first-order chi connectivity index (χ1) is 16.2. The first-order valence-corrected chi connectivity index (χ1v) is 12.9. The SMILES string of the molecule is Clc1ccccc1COc1ccc2c(c1)CCC1(CCCCN1CCCc1ccccc1)C2. The van der Waals surface area contributed by atoms with E-state index in [-0.39, 0.29) is 0 Å². The molecule has 2 aliphatic rings. The van der Waals surface area contributed by atoms with Gasteiger partial charge in [-0.15, -0.1) is 0 Å². The topological polar surface area (TPSA) is 12.5 Å². The summed E-state index contributed by atoms with van der Waals surface area (Å²) < 4.78 is 6.10. The van der Waals surface area contributed by atoms with E-state index in [2.05, 4.69) is 53.4 Å². The molecule has 2 nitrogen and oxygen atoms in total. The summed E-state index contributed by atoms with van der Waals surface area (Å²) in [5.41, 5.74) is 5.82. The molecule has 1 fully saturated rings. The van der Waals surface area contributed by atoms with Gasteiger partial charge in [-0.2, -0.15) is 0 Å². The molecule has 0 radical (unpaired) electrons. The quantitative estimate of drug-likeness (QED) is 0.368. The van der Waals surface area contributed by atoms with E-state index in [0.717, 1.165) is 22.8 Å². The van der Waals surface area contributed by atoms with Crippen LogP contribution in [0.25, 0.3) is 0 Å². The summed E-state index contributed by atoms with van der Waals surface area (Å²) in [4.78, 5) is 2.84. The zero-order valence-electron chi connectivity index (χ0n) is 19.4. The molecule has 1 heterocycles. The van der Waals surface area contributed by atoms with Crippen molar-refractivity contribution in [2.45, 2.75) is 63.5 Å². The molecule has 0 N–H and O–H groups in total. The molecule has 3 aromatic carbocycles. The van der Waals surface area contributed by atoms with Crippen LogP contribution < -0.4 is 4.74 Å². The van der Waals surface area contributed by atoms with Crippen LogP contribution in [0.15, 0.2) is 72.8 Å². The van der Waals surface area contributed by atoms with Crippen LogP contribution in [0, 0.1) is 0 Å². The number of ether oxygens (including phenoxy) is 1. The van der Waals surface area contributed by atoms with Gasteiger partial charge in [-0.25, -0.2) is 0 Å². The highest BCUT2D eigenvalue weighted by atomic mass is 35.5. The van der Waals surface area contributed by atoms with Gasteiger partial charge in [0.15, 0.2) is 0 Å². The molecular formula is C30H34ClNO. The molecule has 1 atom stereocenters. The molecule has 5 rings (SSSR count). The van der Waals surface area contributed by atoms with Crippen molar-refractivity contribution in [1.29, 1.82) is 0 Å². The van der Waals surface area contributed by atoms with Gasteiger partial charge in [-0.05, 0) is 92.9 Å². The van der Waals surface area contributed by atoms with E-state index in [1.165, 1.54) is 74.7 Å². The van der Waals surface area contributed by atoms with Gasteiger partial charge >= 0.3 is 0 Å². The number of benzene rings is 3. The minimum Gasteiger partial charge on any atom is -0.489 e. The first-order valence-electron chi connectivity index (χ1n) is 12.5. The van der Waals surface area contributed by atoms with Crippen LogP contribution in [0.1, 0.15) is 54.4 Å². The number of hydrogen-bond donors (Lipinski definition) is 0. The number of aryl methyl sites for hydroxylation is 2. The first kappa shape index (κ1) is 22.5. The van der Waals surface area contributed by atoms with Crippen LogP contribution in [0.4, 0.5) is 0 Å².